The molecule has 0 aliphatic heterocycles. The maximum absolute atomic E-state index is 13.1. The van der Waals surface area contributed by atoms with Crippen molar-refractivity contribution in [2.24, 2.45) is 0 Å². The van der Waals surface area contributed by atoms with E-state index < -0.39 is 29.9 Å². The Bertz CT molecular complexity index is 1210. The number of aliphatic carboxylic acids is 1. The van der Waals surface area contributed by atoms with Gasteiger partial charge in [0.05, 0.1) is 17.8 Å². The molecule has 1 N–H and O–H groups in total. The Hall–Kier alpha value is -3.77. The third-order valence-electron chi connectivity index (χ3n) is 4.40. The van der Waals surface area contributed by atoms with Crippen molar-refractivity contribution in [3.63, 3.8) is 0 Å². The molecule has 158 valence electrons. The van der Waals surface area contributed by atoms with E-state index in [4.69, 9.17) is 11.6 Å². The Balaban J connectivity index is 2.18. The molecule has 0 saturated carbocycles. The standard InChI is InChI=1S/C21H14ClF2N3O4/c22-13-5-4-12(10-25)15(7-13)16-9-19(28)27(11-18(16)31-21(23)24)17(20(29)30)8-14-3-1-2-6-26-14/h1-7,9,11,17,21H,8H2,(H,29,30). The fourth-order valence-electron chi connectivity index (χ4n) is 3.03. The van der Waals surface area contributed by atoms with Crippen LogP contribution < -0.4 is 10.3 Å². The van der Waals surface area contributed by atoms with Gasteiger partial charge in [-0.25, -0.2) is 4.79 Å². The summed E-state index contributed by atoms with van der Waals surface area (Å²) in [7, 11) is 0. The van der Waals surface area contributed by atoms with Gasteiger partial charge in [0.2, 0.25) is 0 Å². The van der Waals surface area contributed by atoms with Crippen LogP contribution in [0.3, 0.4) is 0 Å². The van der Waals surface area contributed by atoms with E-state index >= 15 is 0 Å². The van der Waals surface area contributed by atoms with Gasteiger partial charge in [-0.2, -0.15) is 14.0 Å². The minimum atomic E-state index is -3.26. The molecule has 7 nitrogen and oxygen atoms in total. The lowest BCUT2D eigenvalue weighted by molar-refractivity contribution is -0.141. The lowest BCUT2D eigenvalue weighted by Gasteiger charge is -2.19. The number of alkyl halides is 2. The number of hydrogen-bond acceptors (Lipinski definition) is 5. The zero-order valence-electron chi connectivity index (χ0n) is 15.7. The monoisotopic (exact) mass is 445 g/mol. The lowest BCUT2D eigenvalue weighted by atomic mass is 10.00. The van der Waals surface area contributed by atoms with Gasteiger partial charge in [0.25, 0.3) is 5.56 Å². The zero-order valence-corrected chi connectivity index (χ0v) is 16.5. The van der Waals surface area contributed by atoms with E-state index in [1.807, 2.05) is 6.07 Å². The van der Waals surface area contributed by atoms with Crippen LogP contribution in [0.25, 0.3) is 11.1 Å². The Morgan fingerprint density at radius 2 is 2.03 bits per heavy atom. The number of ether oxygens (including phenoxy) is 1. The van der Waals surface area contributed by atoms with Gasteiger partial charge in [-0.05, 0) is 30.3 Å². The molecular formula is C21H14ClF2N3O4. The van der Waals surface area contributed by atoms with E-state index in [0.29, 0.717) is 5.69 Å². The molecule has 3 aromatic rings. The van der Waals surface area contributed by atoms with Crippen LogP contribution in [-0.2, 0) is 11.2 Å². The zero-order chi connectivity index (χ0) is 22.5. The predicted octanol–water partition coefficient (Wildman–Crippen LogP) is 3.91. The summed E-state index contributed by atoms with van der Waals surface area (Å²) in [6.45, 7) is -3.26. The highest BCUT2D eigenvalue weighted by molar-refractivity contribution is 6.31. The van der Waals surface area contributed by atoms with Crippen LogP contribution in [-0.4, -0.2) is 27.2 Å². The van der Waals surface area contributed by atoms with Gasteiger partial charge in [-0.3, -0.25) is 14.3 Å². The third-order valence-corrected chi connectivity index (χ3v) is 4.64. The number of benzene rings is 1. The van der Waals surface area contributed by atoms with Gasteiger partial charge in [-0.15, -0.1) is 0 Å². The van der Waals surface area contributed by atoms with E-state index in [0.717, 1.165) is 16.8 Å². The number of aromatic nitrogens is 2. The lowest BCUT2D eigenvalue weighted by Crippen LogP contribution is -2.31. The highest BCUT2D eigenvalue weighted by atomic mass is 35.5. The quantitative estimate of drug-likeness (QED) is 0.591. The number of hydrogen-bond donors (Lipinski definition) is 1. The molecule has 1 atom stereocenters. The number of carboxylic acids is 1. The normalized spacial score (nSPS) is 11.7. The van der Waals surface area contributed by atoms with Crippen LogP contribution in [0.4, 0.5) is 8.78 Å². The van der Waals surface area contributed by atoms with E-state index in [-0.39, 0.29) is 28.1 Å². The molecule has 1 aromatic carbocycles. The average molecular weight is 446 g/mol. The average Bonchev–Trinajstić information content (AvgIpc) is 2.73. The van der Waals surface area contributed by atoms with E-state index in [2.05, 4.69) is 9.72 Å². The molecule has 0 spiro atoms. The first-order valence-electron chi connectivity index (χ1n) is 8.84. The van der Waals surface area contributed by atoms with Crippen LogP contribution in [0, 0.1) is 11.3 Å². The first-order valence-corrected chi connectivity index (χ1v) is 9.21. The number of carboxylic acid groups (broad SMARTS) is 1. The van der Waals surface area contributed by atoms with Gasteiger partial charge < -0.3 is 9.84 Å². The molecule has 0 aliphatic rings. The van der Waals surface area contributed by atoms with Gasteiger partial charge in [-0.1, -0.05) is 17.7 Å². The maximum atomic E-state index is 13.1. The number of halogens is 3. The van der Waals surface area contributed by atoms with Crippen molar-refractivity contribution < 1.29 is 23.4 Å². The molecule has 0 radical (unpaired) electrons. The molecule has 0 aliphatic carbocycles. The highest BCUT2D eigenvalue weighted by Crippen LogP contribution is 2.34. The molecule has 31 heavy (non-hydrogen) atoms. The topological polar surface area (TPSA) is 105 Å². The van der Waals surface area contributed by atoms with Crippen molar-refractivity contribution in [3.8, 4) is 22.9 Å². The first kappa shape index (κ1) is 21.9. The minimum Gasteiger partial charge on any atom is -0.480 e. The van der Waals surface area contributed by atoms with Gasteiger partial charge in [0.15, 0.2) is 0 Å². The maximum Gasteiger partial charge on any atom is 0.387 e. The molecule has 0 saturated heterocycles. The largest absolute Gasteiger partial charge is 0.480 e. The van der Waals surface area contributed by atoms with Crippen molar-refractivity contribution in [2.45, 2.75) is 19.1 Å². The van der Waals surface area contributed by atoms with Crippen molar-refractivity contribution in [1.29, 1.82) is 5.26 Å². The summed E-state index contributed by atoms with van der Waals surface area (Å²) in [6.07, 6.45) is 2.20. The first-order chi connectivity index (χ1) is 14.8. The SMILES string of the molecule is N#Cc1ccc(Cl)cc1-c1cc(=O)n(C(Cc2ccccn2)C(=O)O)cc1OC(F)F. The molecule has 0 bridgehead atoms. The molecule has 2 aromatic heterocycles. The number of nitriles is 1. The number of nitrogens with zero attached hydrogens (tertiary/aromatic N) is 3. The Kier molecular flexibility index (Phi) is 6.62. The summed E-state index contributed by atoms with van der Waals surface area (Å²) in [6, 6.07) is 10.4. The summed E-state index contributed by atoms with van der Waals surface area (Å²) in [5, 5.41) is 19.2. The van der Waals surface area contributed by atoms with E-state index in [1.54, 1.807) is 18.2 Å². The van der Waals surface area contributed by atoms with Crippen molar-refractivity contribution in [2.75, 3.05) is 0 Å². The smallest absolute Gasteiger partial charge is 0.387 e. The summed E-state index contributed by atoms with van der Waals surface area (Å²) in [4.78, 5) is 28.7. The second-order valence-electron chi connectivity index (χ2n) is 6.36. The molecule has 0 fully saturated rings. The van der Waals surface area contributed by atoms with Gasteiger partial charge >= 0.3 is 12.6 Å². The molecular weight excluding hydrogens is 432 g/mol. The van der Waals surface area contributed by atoms with Gasteiger partial charge in [0.1, 0.15) is 11.8 Å². The van der Waals surface area contributed by atoms with Crippen LogP contribution in [0.15, 0.2) is 59.7 Å². The number of pyridine rings is 2. The third kappa shape index (κ3) is 5.05. The van der Waals surface area contributed by atoms with Crippen LogP contribution in [0.2, 0.25) is 5.02 Å². The minimum absolute atomic E-state index is 0.0731. The molecule has 3 rings (SSSR count). The second kappa shape index (κ2) is 9.36. The van der Waals surface area contributed by atoms with Gasteiger partial charge in [0, 0.05) is 40.5 Å². The summed E-state index contributed by atoms with van der Waals surface area (Å²) in [5.74, 6) is -1.83. The molecule has 2 heterocycles. The molecule has 0 amide bonds. The van der Waals surface area contributed by atoms with E-state index in [1.165, 1.54) is 24.4 Å². The second-order valence-corrected chi connectivity index (χ2v) is 6.79. The summed E-state index contributed by atoms with van der Waals surface area (Å²) >= 11 is 5.97. The summed E-state index contributed by atoms with van der Waals surface area (Å²) in [5.41, 5.74) is -0.328. The molecule has 10 heteroatoms. The fourth-order valence-corrected chi connectivity index (χ4v) is 3.20. The van der Waals surface area contributed by atoms with Crippen LogP contribution in [0.1, 0.15) is 17.3 Å². The van der Waals surface area contributed by atoms with Crippen LogP contribution in [0.5, 0.6) is 5.75 Å². The van der Waals surface area contributed by atoms with Crippen LogP contribution >= 0.6 is 11.6 Å². The number of carbonyl (C=O) groups is 1. The van der Waals surface area contributed by atoms with Crippen molar-refractivity contribution in [3.05, 3.63) is 81.5 Å². The van der Waals surface area contributed by atoms with Crippen molar-refractivity contribution in [1.82, 2.24) is 9.55 Å². The van der Waals surface area contributed by atoms with Crippen molar-refractivity contribution >= 4 is 17.6 Å². The Labute approximate surface area is 179 Å². The fraction of sp³-hybridized carbons (Fsp3) is 0.143. The molecule has 1 unspecified atom stereocenters. The van der Waals surface area contributed by atoms with E-state index in [9.17, 15) is 28.7 Å². The number of rotatable bonds is 7. The summed E-state index contributed by atoms with van der Waals surface area (Å²) < 4.78 is 31.5. The Morgan fingerprint density at radius 3 is 2.65 bits per heavy atom. The Morgan fingerprint density at radius 1 is 1.26 bits per heavy atom. The predicted molar refractivity (Wildman–Crippen MR) is 107 cm³/mol. The highest BCUT2D eigenvalue weighted by Gasteiger charge is 2.25.